The van der Waals surface area contributed by atoms with Crippen LogP contribution in [0.1, 0.15) is 24.8 Å². The molecule has 0 radical (unpaired) electrons. The molecule has 2 heterocycles. The van der Waals surface area contributed by atoms with Gasteiger partial charge in [0.15, 0.2) is 11.5 Å². The highest BCUT2D eigenvalue weighted by Gasteiger charge is 2.22. The number of rotatable bonds is 2. The van der Waals surface area contributed by atoms with Gasteiger partial charge < -0.3 is 14.8 Å². The highest BCUT2D eigenvalue weighted by atomic mass is 35.5. The standard InChI is InChI=1S/C14H16ClNO3/c15-11-7-9(6-10-2-3-13(17)16-10)8-12-14(11)19-5-1-4-18-12/h7-8,10H,1-6H2,(H,16,17). The third-order valence-corrected chi connectivity index (χ3v) is 3.71. The molecule has 1 atom stereocenters. The Bertz CT molecular complexity index is 504. The second kappa shape index (κ2) is 5.29. The normalized spacial score (nSPS) is 21.9. The largest absolute Gasteiger partial charge is 0.489 e. The van der Waals surface area contributed by atoms with Crippen LogP contribution in [0.4, 0.5) is 0 Å². The van der Waals surface area contributed by atoms with Crippen LogP contribution in [0.25, 0.3) is 0 Å². The van der Waals surface area contributed by atoms with Crippen molar-refractivity contribution in [3.05, 3.63) is 22.7 Å². The molecular weight excluding hydrogens is 266 g/mol. The van der Waals surface area contributed by atoms with Crippen LogP contribution in [0.2, 0.25) is 5.02 Å². The number of ether oxygens (including phenoxy) is 2. The molecule has 0 aromatic heterocycles. The summed E-state index contributed by atoms with van der Waals surface area (Å²) in [5, 5.41) is 3.54. The number of nitrogens with one attached hydrogen (secondary N) is 1. The molecule has 1 aromatic rings. The highest BCUT2D eigenvalue weighted by Crippen LogP contribution is 2.38. The molecule has 3 rings (SSSR count). The van der Waals surface area contributed by atoms with E-state index in [4.69, 9.17) is 21.1 Å². The van der Waals surface area contributed by atoms with Crippen LogP contribution in [-0.4, -0.2) is 25.2 Å². The Kier molecular flexibility index (Phi) is 3.51. The third-order valence-electron chi connectivity index (χ3n) is 3.43. The summed E-state index contributed by atoms with van der Waals surface area (Å²) >= 11 is 6.24. The topological polar surface area (TPSA) is 47.6 Å². The first-order valence-electron chi connectivity index (χ1n) is 6.60. The van der Waals surface area contributed by atoms with Crippen LogP contribution in [0.3, 0.4) is 0 Å². The maximum absolute atomic E-state index is 11.2. The molecule has 1 fully saturated rings. The fourth-order valence-corrected chi connectivity index (χ4v) is 2.80. The molecule has 0 aliphatic carbocycles. The van der Waals surface area contributed by atoms with Gasteiger partial charge in [-0.05, 0) is 30.5 Å². The first-order valence-corrected chi connectivity index (χ1v) is 6.97. The molecule has 1 saturated heterocycles. The van der Waals surface area contributed by atoms with Gasteiger partial charge >= 0.3 is 0 Å². The number of hydrogen-bond acceptors (Lipinski definition) is 3. The average molecular weight is 282 g/mol. The van der Waals surface area contributed by atoms with E-state index in [2.05, 4.69) is 5.32 Å². The molecule has 0 spiro atoms. The molecule has 0 saturated carbocycles. The monoisotopic (exact) mass is 281 g/mol. The summed E-state index contributed by atoms with van der Waals surface area (Å²) in [5.41, 5.74) is 1.07. The zero-order chi connectivity index (χ0) is 13.2. The molecule has 102 valence electrons. The minimum absolute atomic E-state index is 0.130. The summed E-state index contributed by atoms with van der Waals surface area (Å²) in [5.74, 6) is 1.48. The molecule has 1 unspecified atom stereocenters. The number of halogens is 1. The van der Waals surface area contributed by atoms with E-state index in [9.17, 15) is 4.79 Å². The van der Waals surface area contributed by atoms with Gasteiger partial charge in [0.2, 0.25) is 5.91 Å². The van der Waals surface area contributed by atoms with Gasteiger partial charge in [0, 0.05) is 18.9 Å². The highest BCUT2D eigenvalue weighted by molar-refractivity contribution is 6.32. The van der Waals surface area contributed by atoms with Gasteiger partial charge in [-0.2, -0.15) is 0 Å². The van der Waals surface area contributed by atoms with E-state index in [-0.39, 0.29) is 11.9 Å². The number of amides is 1. The molecule has 0 bridgehead atoms. The Balaban J connectivity index is 1.81. The average Bonchev–Trinajstić information content (AvgIpc) is 2.64. The molecule has 2 aliphatic rings. The van der Waals surface area contributed by atoms with E-state index in [1.54, 1.807) is 0 Å². The lowest BCUT2D eigenvalue weighted by atomic mass is 10.0. The van der Waals surface area contributed by atoms with Crippen molar-refractivity contribution in [2.75, 3.05) is 13.2 Å². The summed E-state index contributed by atoms with van der Waals surface area (Å²) in [4.78, 5) is 11.2. The number of hydrogen-bond donors (Lipinski definition) is 1. The summed E-state index contributed by atoms with van der Waals surface area (Å²) < 4.78 is 11.3. The number of fused-ring (bicyclic) bond motifs is 1. The predicted molar refractivity (Wildman–Crippen MR) is 71.9 cm³/mol. The van der Waals surface area contributed by atoms with E-state index >= 15 is 0 Å². The Labute approximate surface area is 117 Å². The van der Waals surface area contributed by atoms with Gasteiger partial charge in [-0.3, -0.25) is 4.79 Å². The van der Waals surface area contributed by atoms with Crippen LogP contribution < -0.4 is 14.8 Å². The first kappa shape index (κ1) is 12.6. The summed E-state index contributed by atoms with van der Waals surface area (Å²) in [6.07, 6.45) is 3.13. The Morgan fingerprint density at radius 3 is 2.95 bits per heavy atom. The van der Waals surface area contributed by atoms with Crippen LogP contribution in [0.15, 0.2) is 12.1 Å². The van der Waals surface area contributed by atoms with Crippen molar-refractivity contribution in [3.8, 4) is 11.5 Å². The molecule has 1 N–H and O–H groups in total. The summed E-state index contributed by atoms with van der Waals surface area (Å²) in [6.45, 7) is 1.28. The lowest BCUT2D eigenvalue weighted by molar-refractivity contribution is -0.119. The fourth-order valence-electron chi connectivity index (χ4n) is 2.52. The lowest BCUT2D eigenvalue weighted by Gasteiger charge is -2.14. The van der Waals surface area contributed by atoms with Crippen molar-refractivity contribution in [3.63, 3.8) is 0 Å². The number of benzene rings is 1. The lowest BCUT2D eigenvalue weighted by Crippen LogP contribution is -2.27. The fraction of sp³-hybridized carbons (Fsp3) is 0.500. The smallest absolute Gasteiger partial charge is 0.220 e. The minimum atomic E-state index is 0.130. The van der Waals surface area contributed by atoms with Crippen LogP contribution >= 0.6 is 11.6 Å². The zero-order valence-corrected chi connectivity index (χ0v) is 11.3. The van der Waals surface area contributed by atoms with Gasteiger partial charge in [-0.15, -0.1) is 0 Å². The van der Waals surface area contributed by atoms with E-state index in [1.807, 2.05) is 12.1 Å². The van der Waals surface area contributed by atoms with Crippen molar-refractivity contribution < 1.29 is 14.3 Å². The van der Waals surface area contributed by atoms with E-state index in [1.165, 1.54) is 0 Å². The number of carbonyl (C=O) groups is 1. The molecule has 2 aliphatic heterocycles. The third kappa shape index (κ3) is 2.78. The summed E-state index contributed by atoms with van der Waals surface area (Å²) in [7, 11) is 0. The van der Waals surface area contributed by atoms with Crippen LogP contribution in [0.5, 0.6) is 11.5 Å². The molecule has 1 aromatic carbocycles. The predicted octanol–water partition coefficient (Wildman–Crippen LogP) is 2.32. The molecule has 4 nitrogen and oxygen atoms in total. The molecule has 19 heavy (non-hydrogen) atoms. The van der Waals surface area contributed by atoms with Crippen LogP contribution in [-0.2, 0) is 11.2 Å². The van der Waals surface area contributed by atoms with E-state index in [0.717, 1.165) is 24.8 Å². The van der Waals surface area contributed by atoms with Gasteiger partial charge in [0.25, 0.3) is 0 Å². The van der Waals surface area contributed by atoms with Crippen molar-refractivity contribution in [1.82, 2.24) is 5.32 Å². The minimum Gasteiger partial charge on any atom is -0.489 e. The van der Waals surface area contributed by atoms with Gasteiger partial charge in [-0.25, -0.2) is 0 Å². The Hall–Kier alpha value is -1.42. The number of carbonyl (C=O) groups excluding carboxylic acids is 1. The second-order valence-electron chi connectivity index (χ2n) is 4.96. The van der Waals surface area contributed by atoms with Gasteiger partial charge in [0.05, 0.1) is 18.2 Å². The second-order valence-corrected chi connectivity index (χ2v) is 5.37. The van der Waals surface area contributed by atoms with Crippen molar-refractivity contribution in [2.24, 2.45) is 0 Å². The Morgan fingerprint density at radius 2 is 2.16 bits per heavy atom. The molecular formula is C14H16ClNO3. The SMILES string of the molecule is O=C1CCC(Cc2cc(Cl)c3c(c2)OCCCO3)N1. The van der Waals surface area contributed by atoms with Gasteiger partial charge in [0.1, 0.15) is 0 Å². The summed E-state index contributed by atoms with van der Waals surface area (Å²) in [6, 6.07) is 4.07. The van der Waals surface area contributed by atoms with Crippen molar-refractivity contribution in [1.29, 1.82) is 0 Å². The van der Waals surface area contributed by atoms with Crippen molar-refractivity contribution >= 4 is 17.5 Å². The maximum atomic E-state index is 11.2. The molecule has 1 amide bonds. The maximum Gasteiger partial charge on any atom is 0.220 e. The first-order chi connectivity index (χ1) is 9.22. The van der Waals surface area contributed by atoms with Crippen LogP contribution in [0, 0.1) is 0 Å². The Morgan fingerprint density at radius 1 is 1.32 bits per heavy atom. The molecule has 5 heteroatoms. The van der Waals surface area contributed by atoms with E-state index in [0.29, 0.717) is 36.2 Å². The van der Waals surface area contributed by atoms with E-state index < -0.39 is 0 Å². The zero-order valence-electron chi connectivity index (χ0n) is 10.6. The quantitative estimate of drug-likeness (QED) is 0.905. The van der Waals surface area contributed by atoms with Crippen molar-refractivity contribution in [2.45, 2.75) is 31.7 Å². The van der Waals surface area contributed by atoms with Gasteiger partial charge in [-0.1, -0.05) is 11.6 Å².